The average Bonchev–Trinajstić information content (AvgIpc) is 2.70. The first kappa shape index (κ1) is 21.4. The number of aliphatic hydroxyl groups is 4. The van der Waals surface area contributed by atoms with Crippen LogP contribution < -0.4 is 5.73 Å². The molecule has 1 aromatic rings. The minimum atomic E-state index is -2.75. The highest BCUT2D eigenvalue weighted by atomic mass is 16.3. The molecule has 3 aliphatic carbocycles. The van der Waals surface area contributed by atoms with E-state index < -0.39 is 75.3 Å². The third-order valence-corrected chi connectivity index (χ3v) is 6.63. The SMILES string of the molecule is CC1(O)c2ccc(N=[N+]=[N-])c(O)c2C(O)=C2C(=O)[C@]3(O)C(O)=C(C(N)=O)C(=O)C[C@@H]3C[C@@H]21. The number of aliphatic hydroxyl groups excluding tert-OH is 2. The Balaban J connectivity index is 2.02. The molecule has 0 spiro atoms. The van der Waals surface area contributed by atoms with Gasteiger partial charge in [0.25, 0.3) is 5.91 Å². The van der Waals surface area contributed by atoms with Crippen molar-refractivity contribution < 1.29 is 39.9 Å². The van der Waals surface area contributed by atoms with Gasteiger partial charge < -0.3 is 31.3 Å². The molecule has 1 aromatic carbocycles. The molecule has 3 aliphatic rings. The summed E-state index contributed by atoms with van der Waals surface area (Å²) < 4.78 is 0. The van der Waals surface area contributed by atoms with E-state index in [-0.39, 0.29) is 23.2 Å². The van der Waals surface area contributed by atoms with E-state index in [0.717, 1.165) is 0 Å². The van der Waals surface area contributed by atoms with Crippen molar-refractivity contribution in [2.75, 3.05) is 0 Å². The maximum Gasteiger partial charge on any atom is 0.255 e. The summed E-state index contributed by atoms with van der Waals surface area (Å²) in [5.74, 6) is -8.50. The van der Waals surface area contributed by atoms with Crippen molar-refractivity contribution in [1.82, 2.24) is 0 Å². The normalized spacial score (nSPS) is 31.5. The first-order chi connectivity index (χ1) is 14.9. The minimum absolute atomic E-state index is 0.0242. The summed E-state index contributed by atoms with van der Waals surface area (Å²) in [4.78, 5) is 40.0. The fourth-order valence-corrected chi connectivity index (χ4v) is 5.03. The molecule has 12 nitrogen and oxygen atoms in total. The highest BCUT2D eigenvalue weighted by Gasteiger charge is 2.63. The fraction of sp³-hybridized carbons (Fsp3) is 0.350. The van der Waals surface area contributed by atoms with Gasteiger partial charge in [-0.15, -0.1) is 0 Å². The number of benzene rings is 1. The molecule has 0 heterocycles. The van der Waals surface area contributed by atoms with E-state index in [0.29, 0.717) is 0 Å². The number of phenols is 1. The lowest BCUT2D eigenvalue weighted by Crippen LogP contribution is -2.60. The van der Waals surface area contributed by atoms with Gasteiger partial charge in [-0.25, -0.2) is 0 Å². The van der Waals surface area contributed by atoms with Gasteiger partial charge in [0.15, 0.2) is 11.4 Å². The number of hydrogen-bond acceptors (Lipinski definition) is 9. The van der Waals surface area contributed by atoms with Crippen molar-refractivity contribution in [2.45, 2.75) is 31.0 Å². The van der Waals surface area contributed by atoms with Crippen LogP contribution in [0.5, 0.6) is 5.75 Å². The first-order valence-corrected chi connectivity index (χ1v) is 9.50. The third kappa shape index (κ3) is 2.45. The van der Waals surface area contributed by atoms with Gasteiger partial charge in [-0.1, -0.05) is 11.2 Å². The summed E-state index contributed by atoms with van der Waals surface area (Å²) in [6.07, 6.45) is -0.728. The van der Waals surface area contributed by atoms with Gasteiger partial charge in [0.05, 0.1) is 16.9 Å². The molecule has 1 saturated carbocycles. The van der Waals surface area contributed by atoms with Gasteiger partial charge in [-0.3, -0.25) is 14.4 Å². The second kappa shape index (κ2) is 6.57. The molecule has 0 aromatic heterocycles. The van der Waals surface area contributed by atoms with Crippen molar-refractivity contribution in [3.05, 3.63) is 50.6 Å². The molecule has 0 radical (unpaired) electrons. The number of primary amides is 1. The van der Waals surface area contributed by atoms with E-state index >= 15 is 0 Å². The molecule has 1 fully saturated rings. The standard InChI is InChI=1S/C20H18N4O8/c1-19(31)7-2-3-9(23-24-22)14(26)11(7)15(27)12-8(19)4-6-5-10(25)13(18(21)30)17(29)20(6,32)16(12)28/h2-3,6,8,26-27,29,31-32H,4-5H2,1H3,(H2,21,30)/t6-,8-,19?,20-/m0/s1. The monoisotopic (exact) mass is 442 g/mol. The van der Waals surface area contributed by atoms with Gasteiger partial charge in [0, 0.05) is 28.7 Å². The quantitative estimate of drug-likeness (QED) is 0.167. The van der Waals surface area contributed by atoms with E-state index in [2.05, 4.69) is 10.0 Å². The van der Waals surface area contributed by atoms with E-state index in [1.54, 1.807) is 0 Å². The van der Waals surface area contributed by atoms with Crippen LogP contribution in [-0.2, 0) is 20.0 Å². The molecule has 7 N–H and O–H groups in total. The Bertz CT molecular complexity index is 1240. The Morgan fingerprint density at radius 2 is 1.91 bits per heavy atom. The number of ketones is 2. The zero-order chi connectivity index (χ0) is 23.7. The number of nitrogens with zero attached hydrogens (tertiary/aromatic N) is 3. The molecule has 12 heteroatoms. The van der Waals surface area contributed by atoms with Gasteiger partial charge in [0.1, 0.15) is 22.8 Å². The van der Waals surface area contributed by atoms with Gasteiger partial charge in [-0.2, -0.15) is 0 Å². The number of nitrogens with two attached hydrogens (primary N) is 1. The van der Waals surface area contributed by atoms with Crippen LogP contribution in [0.4, 0.5) is 5.69 Å². The molecule has 1 unspecified atom stereocenters. The second-order valence-corrected chi connectivity index (χ2v) is 8.25. The van der Waals surface area contributed by atoms with Crippen LogP contribution >= 0.6 is 0 Å². The minimum Gasteiger partial charge on any atom is -0.508 e. The summed E-state index contributed by atoms with van der Waals surface area (Å²) >= 11 is 0. The summed E-state index contributed by atoms with van der Waals surface area (Å²) in [5, 5.41) is 57.8. The zero-order valence-corrected chi connectivity index (χ0v) is 16.6. The second-order valence-electron chi connectivity index (χ2n) is 8.25. The lowest BCUT2D eigenvalue weighted by atomic mass is 9.56. The number of aromatic hydroxyl groups is 1. The van der Waals surface area contributed by atoms with Crippen molar-refractivity contribution >= 4 is 28.9 Å². The maximum absolute atomic E-state index is 13.4. The topological polar surface area (TPSA) is 227 Å². The van der Waals surface area contributed by atoms with Crippen molar-refractivity contribution in [1.29, 1.82) is 0 Å². The van der Waals surface area contributed by atoms with Crippen LogP contribution in [0, 0.1) is 11.8 Å². The Kier molecular flexibility index (Phi) is 4.39. The summed E-state index contributed by atoms with van der Waals surface area (Å²) in [6, 6.07) is 2.53. The highest BCUT2D eigenvalue weighted by Crippen LogP contribution is 2.57. The van der Waals surface area contributed by atoms with Crippen molar-refractivity contribution in [3.63, 3.8) is 0 Å². The predicted octanol–water partition coefficient (Wildman–Crippen LogP) is 1.03. The van der Waals surface area contributed by atoms with Crippen LogP contribution in [-0.4, -0.2) is 48.6 Å². The van der Waals surface area contributed by atoms with Crippen LogP contribution in [0.15, 0.2) is 34.2 Å². The lowest BCUT2D eigenvalue weighted by molar-refractivity contribution is -0.152. The third-order valence-electron chi connectivity index (χ3n) is 6.63. The number of rotatable bonds is 2. The summed E-state index contributed by atoms with van der Waals surface area (Å²) in [7, 11) is 0. The fourth-order valence-electron chi connectivity index (χ4n) is 5.03. The van der Waals surface area contributed by atoms with Crippen molar-refractivity contribution in [2.24, 2.45) is 22.7 Å². The molecule has 32 heavy (non-hydrogen) atoms. The van der Waals surface area contributed by atoms with Crippen molar-refractivity contribution in [3.8, 4) is 5.75 Å². The van der Waals surface area contributed by atoms with Crippen LogP contribution in [0.2, 0.25) is 0 Å². The maximum atomic E-state index is 13.4. The van der Waals surface area contributed by atoms with Crippen LogP contribution in [0.1, 0.15) is 30.9 Å². The molecule has 0 saturated heterocycles. The molecule has 166 valence electrons. The number of azide groups is 1. The Morgan fingerprint density at radius 3 is 2.50 bits per heavy atom. The summed E-state index contributed by atoms with van der Waals surface area (Å²) in [6.45, 7) is 1.32. The average molecular weight is 442 g/mol. The van der Waals surface area contributed by atoms with E-state index in [1.807, 2.05) is 0 Å². The molecule has 0 aliphatic heterocycles. The number of phenolic OH excluding ortho intramolecular Hbond substituents is 1. The summed E-state index contributed by atoms with van der Waals surface area (Å²) in [5.41, 5.74) is 7.12. The molecule has 1 amide bonds. The number of Topliss-reactive ketones (excluding diaryl/α,β-unsaturated/α-hetero) is 2. The zero-order valence-electron chi connectivity index (χ0n) is 16.6. The van der Waals surface area contributed by atoms with Crippen LogP contribution in [0.3, 0.4) is 0 Å². The highest BCUT2D eigenvalue weighted by molar-refractivity contribution is 6.22. The first-order valence-electron chi connectivity index (χ1n) is 9.50. The van der Waals surface area contributed by atoms with E-state index in [4.69, 9.17) is 11.3 Å². The Labute approximate surface area is 179 Å². The molecular formula is C20H18N4O8. The molecular weight excluding hydrogens is 424 g/mol. The number of carbonyl (C=O) groups is 3. The van der Waals surface area contributed by atoms with Gasteiger partial charge in [-0.05, 0) is 30.5 Å². The number of carbonyl (C=O) groups excluding carboxylic acids is 3. The van der Waals surface area contributed by atoms with Crippen LogP contribution in [0.25, 0.3) is 16.2 Å². The number of hydrogen-bond donors (Lipinski definition) is 6. The Morgan fingerprint density at radius 1 is 1.25 bits per heavy atom. The lowest BCUT2D eigenvalue weighted by Gasteiger charge is -2.50. The van der Waals surface area contributed by atoms with Gasteiger partial charge in [0.2, 0.25) is 5.78 Å². The largest absolute Gasteiger partial charge is 0.508 e. The Hall–Kier alpha value is -3.86. The van der Waals surface area contributed by atoms with E-state index in [1.165, 1.54) is 19.1 Å². The number of fused-ring (bicyclic) bond motifs is 3. The number of amides is 1. The molecule has 4 atom stereocenters. The molecule has 4 rings (SSSR count). The van der Waals surface area contributed by atoms with Gasteiger partial charge >= 0.3 is 0 Å². The predicted molar refractivity (Wildman–Crippen MR) is 106 cm³/mol. The molecule has 0 bridgehead atoms. The van der Waals surface area contributed by atoms with E-state index in [9.17, 15) is 39.9 Å². The smallest absolute Gasteiger partial charge is 0.255 e.